The van der Waals surface area contributed by atoms with E-state index in [1.807, 2.05) is 18.7 Å². The number of nitrogens with zero attached hydrogens (tertiary/aromatic N) is 1. The molecule has 7 heteroatoms. The zero-order valence-corrected chi connectivity index (χ0v) is 18.1. The summed E-state index contributed by atoms with van der Waals surface area (Å²) in [6, 6.07) is 1.99. The highest BCUT2D eigenvalue weighted by molar-refractivity contribution is 6.34. The zero-order valence-electron chi connectivity index (χ0n) is 17.3. The van der Waals surface area contributed by atoms with Gasteiger partial charge in [-0.05, 0) is 43.4 Å². The van der Waals surface area contributed by atoms with Gasteiger partial charge in [-0.2, -0.15) is 0 Å². The van der Waals surface area contributed by atoms with Crippen LogP contribution < -0.4 is 5.32 Å². The number of hydrogen-bond donors (Lipinski definition) is 1. The minimum Gasteiger partial charge on any atom is -0.465 e. The Kier molecular flexibility index (Phi) is 6.83. The van der Waals surface area contributed by atoms with Crippen LogP contribution >= 0.6 is 11.6 Å². The highest BCUT2D eigenvalue weighted by Gasteiger charge is 2.38. The van der Waals surface area contributed by atoms with Gasteiger partial charge in [0.05, 0.1) is 23.7 Å². The number of halogens is 1. The van der Waals surface area contributed by atoms with Gasteiger partial charge in [-0.25, -0.2) is 4.79 Å². The van der Waals surface area contributed by atoms with E-state index >= 15 is 0 Å². The molecule has 1 aromatic carbocycles. The van der Waals surface area contributed by atoms with Crippen molar-refractivity contribution < 1.29 is 19.1 Å². The molecule has 1 aliphatic carbocycles. The summed E-state index contributed by atoms with van der Waals surface area (Å²) in [7, 11) is 1.28. The molecule has 2 aliphatic rings. The van der Waals surface area contributed by atoms with E-state index in [9.17, 15) is 14.4 Å². The predicted molar refractivity (Wildman–Crippen MR) is 112 cm³/mol. The van der Waals surface area contributed by atoms with E-state index < -0.39 is 11.9 Å². The molecular weight excluding hydrogens is 392 g/mol. The van der Waals surface area contributed by atoms with Crippen molar-refractivity contribution in [2.45, 2.75) is 64.8 Å². The predicted octanol–water partition coefficient (Wildman–Crippen LogP) is 4.12. The largest absolute Gasteiger partial charge is 0.465 e. The lowest BCUT2D eigenvalue weighted by molar-refractivity contribution is -0.130. The maximum Gasteiger partial charge on any atom is 0.341 e. The first-order chi connectivity index (χ1) is 13.9. The van der Waals surface area contributed by atoms with Crippen molar-refractivity contribution in [2.75, 3.05) is 19.0 Å². The molecule has 1 unspecified atom stereocenters. The number of esters is 1. The van der Waals surface area contributed by atoms with Crippen LogP contribution in [0.25, 0.3) is 0 Å². The minimum atomic E-state index is -0.595. The number of rotatable bonds is 5. The molecule has 6 nitrogen and oxygen atoms in total. The fourth-order valence-corrected chi connectivity index (χ4v) is 4.81. The summed E-state index contributed by atoms with van der Waals surface area (Å²) in [4.78, 5) is 39.7. The SMILES string of the molecule is CCc1cc(Cl)c(C(=O)OC)c(NC(=O)C2CC(=O)N(C3CCCCC3)C2)c1C. The quantitative estimate of drug-likeness (QED) is 0.727. The normalized spacial score (nSPS) is 20.1. The molecule has 1 heterocycles. The Morgan fingerprint density at radius 3 is 2.59 bits per heavy atom. The smallest absolute Gasteiger partial charge is 0.341 e. The molecule has 2 amide bonds. The van der Waals surface area contributed by atoms with Crippen LogP contribution in [0.5, 0.6) is 0 Å². The van der Waals surface area contributed by atoms with Crippen molar-refractivity contribution in [3.05, 3.63) is 27.8 Å². The Hall–Kier alpha value is -2.08. The third-order valence-corrected chi connectivity index (χ3v) is 6.51. The molecule has 2 fully saturated rings. The molecule has 1 aliphatic heterocycles. The maximum atomic E-state index is 13.0. The molecule has 1 atom stereocenters. The molecule has 0 radical (unpaired) electrons. The summed E-state index contributed by atoms with van der Waals surface area (Å²) in [6.45, 7) is 4.27. The van der Waals surface area contributed by atoms with E-state index in [-0.39, 0.29) is 34.9 Å². The van der Waals surface area contributed by atoms with Crippen molar-refractivity contribution >= 4 is 35.1 Å². The van der Waals surface area contributed by atoms with Gasteiger partial charge in [0.2, 0.25) is 11.8 Å². The van der Waals surface area contributed by atoms with Crippen LogP contribution in [0.3, 0.4) is 0 Å². The molecule has 3 rings (SSSR count). The topological polar surface area (TPSA) is 75.7 Å². The molecule has 0 aromatic heterocycles. The molecule has 1 aromatic rings. The van der Waals surface area contributed by atoms with Crippen LogP contribution in [0.4, 0.5) is 5.69 Å². The minimum absolute atomic E-state index is 0.0438. The number of nitrogens with one attached hydrogen (secondary N) is 1. The van der Waals surface area contributed by atoms with Crippen LogP contribution in [0, 0.1) is 12.8 Å². The molecule has 1 saturated heterocycles. The van der Waals surface area contributed by atoms with Crippen molar-refractivity contribution in [1.82, 2.24) is 4.90 Å². The van der Waals surface area contributed by atoms with Crippen LogP contribution in [0.1, 0.15) is 66.9 Å². The van der Waals surface area contributed by atoms with Crippen molar-refractivity contribution in [2.24, 2.45) is 5.92 Å². The van der Waals surface area contributed by atoms with Gasteiger partial charge in [0.1, 0.15) is 5.56 Å². The second-order valence-corrected chi connectivity index (χ2v) is 8.37. The molecule has 29 heavy (non-hydrogen) atoms. The second kappa shape index (κ2) is 9.16. The molecule has 1 N–H and O–H groups in total. The van der Waals surface area contributed by atoms with E-state index in [1.54, 1.807) is 6.07 Å². The molecule has 1 saturated carbocycles. The molecule has 158 valence electrons. The molecular formula is C22H29ClN2O4. The Bertz CT molecular complexity index is 818. The van der Waals surface area contributed by atoms with Gasteiger partial charge < -0.3 is 15.0 Å². The summed E-state index contributed by atoms with van der Waals surface area (Å²) < 4.78 is 4.87. The number of ether oxygens (including phenoxy) is 1. The van der Waals surface area contributed by atoms with Crippen LogP contribution in [-0.4, -0.2) is 42.4 Å². The number of carbonyl (C=O) groups excluding carboxylic acids is 3. The second-order valence-electron chi connectivity index (χ2n) is 7.97. The van der Waals surface area contributed by atoms with Gasteiger partial charge in [0.15, 0.2) is 0 Å². The third-order valence-electron chi connectivity index (χ3n) is 6.21. The van der Waals surface area contributed by atoms with E-state index in [4.69, 9.17) is 16.3 Å². The van der Waals surface area contributed by atoms with Gasteiger partial charge >= 0.3 is 5.97 Å². The Balaban J connectivity index is 1.82. The average Bonchev–Trinajstić information content (AvgIpc) is 3.12. The van der Waals surface area contributed by atoms with Gasteiger partial charge in [-0.3, -0.25) is 9.59 Å². The summed E-state index contributed by atoms with van der Waals surface area (Å²) in [5.74, 6) is -1.24. The van der Waals surface area contributed by atoms with Gasteiger partial charge in [-0.15, -0.1) is 0 Å². The number of aryl methyl sites for hydroxylation is 1. The maximum absolute atomic E-state index is 13.0. The van der Waals surface area contributed by atoms with E-state index in [0.29, 0.717) is 18.7 Å². The van der Waals surface area contributed by atoms with E-state index in [2.05, 4.69) is 5.32 Å². The summed E-state index contributed by atoms with van der Waals surface area (Å²) in [5.41, 5.74) is 2.28. The van der Waals surface area contributed by atoms with Crippen molar-refractivity contribution in [3.63, 3.8) is 0 Å². The van der Waals surface area contributed by atoms with Crippen LogP contribution in [-0.2, 0) is 20.7 Å². The number of benzene rings is 1. The van der Waals surface area contributed by atoms with Crippen LogP contribution in [0.2, 0.25) is 5.02 Å². The molecule has 0 bridgehead atoms. The first-order valence-corrected chi connectivity index (χ1v) is 10.8. The van der Waals surface area contributed by atoms with Gasteiger partial charge in [0.25, 0.3) is 0 Å². The van der Waals surface area contributed by atoms with Gasteiger partial charge in [-0.1, -0.05) is 37.8 Å². The van der Waals surface area contributed by atoms with Crippen molar-refractivity contribution in [1.29, 1.82) is 0 Å². The standard InChI is InChI=1S/C22H29ClN2O4/c1-4-14-10-17(23)19(22(28)29-3)20(13(14)2)24-21(27)15-11-18(26)25(12-15)16-8-6-5-7-9-16/h10,15-16H,4-9,11-12H2,1-3H3,(H,24,27). The van der Waals surface area contributed by atoms with Crippen molar-refractivity contribution in [3.8, 4) is 0 Å². The number of carbonyl (C=O) groups is 3. The van der Waals surface area contributed by atoms with Gasteiger partial charge in [0, 0.05) is 19.0 Å². The summed E-state index contributed by atoms with van der Waals surface area (Å²) in [6.07, 6.45) is 6.43. The number of likely N-dealkylation sites (tertiary alicyclic amines) is 1. The Morgan fingerprint density at radius 2 is 1.97 bits per heavy atom. The highest BCUT2D eigenvalue weighted by atomic mass is 35.5. The van der Waals surface area contributed by atoms with E-state index in [0.717, 1.165) is 36.8 Å². The monoisotopic (exact) mass is 420 g/mol. The number of methoxy groups -OCH3 is 1. The Morgan fingerprint density at radius 1 is 1.28 bits per heavy atom. The fraction of sp³-hybridized carbons (Fsp3) is 0.591. The Labute approximate surface area is 176 Å². The first-order valence-electron chi connectivity index (χ1n) is 10.4. The summed E-state index contributed by atoms with van der Waals surface area (Å²) >= 11 is 6.34. The first kappa shape index (κ1) is 21.6. The fourth-order valence-electron chi connectivity index (χ4n) is 4.50. The third kappa shape index (κ3) is 4.42. The average molecular weight is 421 g/mol. The molecule has 0 spiro atoms. The lowest BCUT2D eigenvalue weighted by atomic mass is 9.94. The number of amides is 2. The van der Waals surface area contributed by atoms with E-state index in [1.165, 1.54) is 13.5 Å². The van der Waals surface area contributed by atoms with Crippen LogP contribution in [0.15, 0.2) is 6.07 Å². The lowest BCUT2D eigenvalue weighted by Gasteiger charge is -2.31. The number of hydrogen-bond acceptors (Lipinski definition) is 4. The highest BCUT2D eigenvalue weighted by Crippen LogP contribution is 2.34. The lowest BCUT2D eigenvalue weighted by Crippen LogP contribution is -2.38. The summed E-state index contributed by atoms with van der Waals surface area (Å²) in [5, 5.41) is 3.14. The number of anilines is 1. The zero-order chi connectivity index (χ0) is 21.1.